The molecule has 0 amide bonds. The van der Waals surface area contributed by atoms with Crippen LogP contribution in [0, 0.1) is 5.92 Å². The number of ether oxygens (including phenoxy) is 1. The van der Waals surface area contributed by atoms with Crippen LogP contribution in [0.2, 0.25) is 0 Å². The van der Waals surface area contributed by atoms with E-state index >= 15 is 0 Å². The van der Waals surface area contributed by atoms with E-state index in [9.17, 15) is 0 Å². The number of hydrogen-bond acceptors (Lipinski definition) is 5. The summed E-state index contributed by atoms with van der Waals surface area (Å²) >= 11 is 0. The summed E-state index contributed by atoms with van der Waals surface area (Å²) in [6.07, 6.45) is 8.40. The van der Waals surface area contributed by atoms with Gasteiger partial charge >= 0.3 is 0 Å². The predicted octanol–water partition coefficient (Wildman–Crippen LogP) is 3.49. The van der Waals surface area contributed by atoms with E-state index in [1.807, 2.05) is 13.2 Å². The predicted molar refractivity (Wildman–Crippen MR) is 144 cm³/mol. The molecule has 0 spiro atoms. The Kier molecular flexibility index (Phi) is 12.6. The first kappa shape index (κ1) is 27.1. The Morgan fingerprint density at radius 3 is 2.38 bits per heavy atom. The highest BCUT2D eigenvalue weighted by molar-refractivity contribution is 14.0. The number of nitrogens with one attached hydrogen (secondary N) is 2. The summed E-state index contributed by atoms with van der Waals surface area (Å²) in [5.41, 5.74) is 1.17. The largest absolute Gasteiger partial charge is 0.379 e. The molecule has 1 aromatic heterocycles. The molecule has 0 saturated carbocycles. The lowest BCUT2D eigenvalue weighted by Crippen LogP contribution is -2.50. The van der Waals surface area contributed by atoms with Gasteiger partial charge < -0.3 is 20.3 Å². The highest BCUT2D eigenvalue weighted by Crippen LogP contribution is 2.17. The van der Waals surface area contributed by atoms with Crippen molar-refractivity contribution in [1.29, 1.82) is 0 Å². The van der Waals surface area contributed by atoms with Gasteiger partial charge in [0.15, 0.2) is 5.96 Å². The van der Waals surface area contributed by atoms with Crippen molar-refractivity contribution in [2.75, 3.05) is 57.9 Å². The van der Waals surface area contributed by atoms with Crippen LogP contribution >= 0.6 is 24.0 Å². The second kappa shape index (κ2) is 14.9. The molecule has 0 aliphatic carbocycles. The van der Waals surface area contributed by atoms with Crippen LogP contribution in [0.1, 0.15) is 51.5 Å². The first-order valence-corrected chi connectivity index (χ1v) is 12.1. The maximum atomic E-state index is 5.54. The van der Waals surface area contributed by atoms with E-state index in [1.54, 1.807) is 0 Å². The standard InChI is InChI=1S/C24H42N6O.HI/c1-20(2)16-22(29-12-14-31-15-13-29)19-28-24(25-3)27-18-21-8-9-23(26-17-21)30-10-6-4-5-7-11-30;/h8-9,17,20,22H,4-7,10-16,18-19H2,1-3H3,(H2,25,27,28);1H. The zero-order valence-electron chi connectivity index (χ0n) is 20.2. The molecule has 32 heavy (non-hydrogen) atoms. The Hall–Kier alpha value is -1.13. The molecular formula is C24H43IN6O. The van der Waals surface area contributed by atoms with Crippen molar-refractivity contribution >= 4 is 35.8 Å². The number of nitrogens with zero attached hydrogens (tertiary/aromatic N) is 4. The van der Waals surface area contributed by atoms with Gasteiger partial charge in [0.2, 0.25) is 0 Å². The first-order valence-electron chi connectivity index (χ1n) is 12.1. The van der Waals surface area contributed by atoms with Gasteiger partial charge in [-0.25, -0.2) is 4.98 Å². The number of anilines is 1. The molecule has 2 fully saturated rings. The summed E-state index contributed by atoms with van der Waals surface area (Å²) in [7, 11) is 1.84. The minimum atomic E-state index is 0. The maximum Gasteiger partial charge on any atom is 0.191 e. The van der Waals surface area contributed by atoms with E-state index in [0.29, 0.717) is 12.0 Å². The van der Waals surface area contributed by atoms with E-state index in [1.165, 1.54) is 37.7 Å². The highest BCUT2D eigenvalue weighted by atomic mass is 127. The first-order chi connectivity index (χ1) is 15.2. The molecule has 1 unspecified atom stereocenters. The fourth-order valence-electron chi connectivity index (χ4n) is 4.48. The average Bonchev–Trinajstić information content (AvgIpc) is 3.09. The van der Waals surface area contributed by atoms with E-state index < -0.39 is 0 Å². The number of aromatic nitrogens is 1. The van der Waals surface area contributed by atoms with E-state index in [2.05, 4.69) is 51.4 Å². The Bertz CT molecular complexity index is 655. The van der Waals surface area contributed by atoms with Crippen molar-refractivity contribution in [3.63, 3.8) is 0 Å². The lowest BCUT2D eigenvalue weighted by Gasteiger charge is -2.35. The highest BCUT2D eigenvalue weighted by Gasteiger charge is 2.22. The van der Waals surface area contributed by atoms with Gasteiger partial charge in [0.05, 0.1) is 13.2 Å². The molecule has 2 aliphatic rings. The molecule has 0 aromatic carbocycles. The van der Waals surface area contributed by atoms with Gasteiger partial charge in [-0.05, 0) is 36.8 Å². The van der Waals surface area contributed by atoms with Crippen LogP contribution in [0.4, 0.5) is 5.82 Å². The van der Waals surface area contributed by atoms with Crippen LogP contribution in [0.3, 0.4) is 0 Å². The zero-order chi connectivity index (χ0) is 21.9. The lowest BCUT2D eigenvalue weighted by molar-refractivity contribution is 0.0132. The summed E-state index contributed by atoms with van der Waals surface area (Å²) in [4.78, 5) is 14.1. The molecule has 8 heteroatoms. The smallest absolute Gasteiger partial charge is 0.191 e. The number of hydrogen-bond donors (Lipinski definition) is 2. The molecule has 3 heterocycles. The third-order valence-corrected chi connectivity index (χ3v) is 6.23. The monoisotopic (exact) mass is 558 g/mol. The van der Waals surface area contributed by atoms with Crippen molar-refractivity contribution in [2.45, 2.75) is 58.5 Å². The Morgan fingerprint density at radius 2 is 1.78 bits per heavy atom. The summed E-state index contributed by atoms with van der Waals surface area (Å²) in [6.45, 7) is 12.2. The summed E-state index contributed by atoms with van der Waals surface area (Å²) in [5.74, 6) is 2.62. The third-order valence-electron chi connectivity index (χ3n) is 6.23. The number of guanidine groups is 1. The van der Waals surface area contributed by atoms with Crippen molar-refractivity contribution in [3.8, 4) is 0 Å². The van der Waals surface area contributed by atoms with Crippen molar-refractivity contribution in [1.82, 2.24) is 20.5 Å². The summed E-state index contributed by atoms with van der Waals surface area (Å²) in [5, 5.41) is 6.99. The molecule has 2 saturated heterocycles. The van der Waals surface area contributed by atoms with Gasteiger partial charge in [-0.1, -0.05) is 32.8 Å². The normalized spacial score (nSPS) is 19.2. The molecule has 2 aliphatic heterocycles. The average molecular weight is 559 g/mol. The number of pyridine rings is 1. The van der Waals surface area contributed by atoms with Crippen LogP contribution in [0.15, 0.2) is 23.3 Å². The fourth-order valence-corrected chi connectivity index (χ4v) is 4.48. The molecule has 7 nitrogen and oxygen atoms in total. The van der Waals surface area contributed by atoms with Gasteiger partial charge in [-0.15, -0.1) is 24.0 Å². The van der Waals surface area contributed by atoms with Crippen LogP contribution in [0.25, 0.3) is 0 Å². The maximum absolute atomic E-state index is 5.54. The van der Waals surface area contributed by atoms with Crippen LogP contribution in [0.5, 0.6) is 0 Å². The second-order valence-corrected chi connectivity index (χ2v) is 9.16. The molecule has 0 radical (unpaired) electrons. The van der Waals surface area contributed by atoms with Crippen molar-refractivity contribution < 1.29 is 4.74 Å². The Labute approximate surface area is 211 Å². The van der Waals surface area contributed by atoms with E-state index in [4.69, 9.17) is 9.72 Å². The Morgan fingerprint density at radius 1 is 1.06 bits per heavy atom. The van der Waals surface area contributed by atoms with Crippen LogP contribution in [-0.2, 0) is 11.3 Å². The van der Waals surface area contributed by atoms with Crippen molar-refractivity contribution in [2.24, 2.45) is 10.9 Å². The van der Waals surface area contributed by atoms with E-state index in [0.717, 1.165) is 64.3 Å². The molecule has 182 valence electrons. The molecule has 1 aromatic rings. The van der Waals surface area contributed by atoms with Crippen molar-refractivity contribution in [3.05, 3.63) is 23.9 Å². The minimum absolute atomic E-state index is 0. The van der Waals surface area contributed by atoms with E-state index in [-0.39, 0.29) is 24.0 Å². The van der Waals surface area contributed by atoms with Crippen LogP contribution < -0.4 is 15.5 Å². The SMILES string of the molecule is CN=C(NCc1ccc(N2CCCCCC2)nc1)NCC(CC(C)C)N1CCOCC1.I. The van der Waals surface area contributed by atoms with Gasteiger partial charge in [-0.3, -0.25) is 9.89 Å². The quantitative estimate of drug-likeness (QED) is 0.290. The summed E-state index contributed by atoms with van der Waals surface area (Å²) in [6, 6.07) is 4.84. The molecule has 1 atom stereocenters. The van der Waals surface area contributed by atoms with Gasteiger partial charge in [0, 0.05) is 58.6 Å². The Balaban J connectivity index is 0.00000363. The topological polar surface area (TPSA) is 65.0 Å². The van der Waals surface area contributed by atoms with Gasteiger partial charge in [-0.2, -0.15) is 0 Å². The molecular weight excluding hydrogens is 515 g/mol. The number of aliphatic imine (C=N–C) groups is 1. The number of rotatable bonds is 8. The molecule has 2 N–H and O–H groups in total. The lowest BCUT2D eigenvalue weighted by atomic mass is 10.0. The zero-order valence-corrected chi connectivity index (χ0v) is 22.5. The third kappa shape index (κ3) is 9.02. The minimum Gasteiger partial charge on any atom is -0.379 e. The number of halogens is 1. The van der Waals surface area contributed by atoms with Gasteiger partial charge in [0.25, 0.3) is 0 Å². The molecule has 3 rings (SSSR count). The van der Waals surface area contributed by atoms with Gasteiger partial charge in [0.1, 0.15) is 5.82 Å². The summed E-state index contributed by atoms with van der Waals surface area (Å²) < 4.78 is 5.54. The fraction of sp³-hybridized carbons (Fsp3) is 0.750. The van der Waals surface area contributed by atoms with Crippen LogP contribution in [-0.4, -0.2) is 74.9 Å². The molecule has 0 bridgehead atoms. The number of morpholine rings is 1. The second-order valence-electron chi connectivity index (χ2n) is 9.16.